The SMILES string of the molecule is COCc1cc(NC(CO)c2ccco2)nc(C(C)(C)C)n1. The molecule has 6 nitrogen and oxygen atoms in total. The molecule has 0 radical (unpaired) electrons. The molecule has 120 valence electrons. The van der Waals surface area contributed by atoms with Crippen molar-refractivity contribution in [3.63, 3.8) is 0 Å². The highest BCUT2D eigenvalue weighted by Gasteiger charge is 2.21. The van der Waals surface area contributed by atoms with Gasteiger partial charge in [0.1, 0.15) is 23.4 Å². The lowest BCUT2D eigenvalue weighted by molar-refractivity contribution is 0.181. The van der Waals surface area contributed by atoms with Crippen molar-refractivity contribution in [2.24, 2.45) is 0 Å². The van der Waals surface area contributed by atoms with Crippen LogP contribution in [0.15, 0.2) is 28.9 Å². The minimum absolute atomic E-state index is 0.0953. The van der Waals surface area contributed by atoms with Crippen LogP contribution in [0.3, 0.4) is 0 Å². The molecule has 0 saturated carbocycles. The van der Waals surface area contributed by atoms with E-state index in [1.54, 1.807) is 19.4 Å². The zero-order chi connectivity index (χ0) is 16.2. The standard InChI is InChI=1S/C16H23N3O3/c1-16(2,3)15-17-11(10-21-4)8-14(19-15)18-12(9-20)13-6-5-7-22-13/h5-8,12,20H,9-10H2,1-4H3,(H,17,18,19). The number of anilines is 1. The molecule has 2 N–H and O–H groups in total. The fraction of sp³-hybridized carbons (Fsp3) is 0.500. The molecular weight excluding hydrogens is 282 g/mol. The molecule has 0 aromatic carbocycles. The van der Waals surface area contributed by atoms with Crippen molar-refractivity contribution in [3.05, 3.63) is 41.7 Å². The molecular formula is C16H23N3O3. The molecule has 22 heavy (non-hydrogen) atoms. The van der Waals surface area contributed by atoms with Gasteiger partial charge in [0.05, 0.1) is 25.2 Å². The van der Waals surface area contributed by atoms with Gasteiger partial charge >= 0.3 is 0 Å². The first-order valence-corrected chi connectivity index (χ1v) is 7.22. The maximum absolute atomic E-state index is 9.57. The first kappa shape index (κ1) is 16.5. The second-order valence-corrected chi connectivity index (χ2v) is 6.15. The minimum atomic E-state index is -0.354. The smallest absolute Gasteiger partial charge is 0.136 e. The second-order valence-electron chi connectivity index (χ2n) is 6.15. The Bertz CT molecular complexity index is 591. The van der Waals surface area contributed by atoms with Gasteiger partial charge in [0.25, 0.3) is 0 Å². The summed E-state index contributed by atoms with van der Waals surface area (Å²) in [4.78, 5) is 9.08. The van der Waals surface area contributed by atoms with Gasteiger partial charge in [-0.2, -0.15) is 0 Å². The van der Waals surface area contributed by atoms with Gasteiger partial charge in [0, 0.05) is 18.6 Å². The Hall–Kier alpha value is -1.92. The van der Waals surface area contributed by atoms with Gasteiger partial charge in [-0.1, -0.05) is 20.8 Å². The van der Waals surface area contributed by atoms with Crippen LogP contribution in [0.25, 0.3) is 0 Å². The summed E-state index contributed by atoms with van der Waals surface area (Å²) in [6.07, 6.45) is 1.58. The van der Waals surface area contributed by atoms with Crippen LogP contribution in [0.4, 0.5) is 5.82 Å². The van der Waals surface area contributed by atoms with Crippen LogP contribution in [-0.2, 0) is 16.8 Å². The van der Waals surface area contributed by atoms with Crippen LogP contribution in [0, 0.1) is 0 Å². The highest BCUT2D eigenvalue weighted by molar-refractivity contribution is 5.39. The number of aromatic nitrogens is 2. The van der Waals surface area contributed by atoms with E-state index in [1.165, 1.54) is 0 Å². The quantitative estimate of drug-likeness (QED) is 0.854. The molecule has 0 amide bonds. The van der Waals surface area contributed by atoms with E-state index in [-0.39, 0.29) is 18.1 Å². The lowest BCUT2D eigenvalue weighted by Gasteiger charge is -2.20. The maximum atomic E-state index is 9.57. The normalized spacial score (nSPS) is 13.1. The first-order chi connectivity index (χ1) is 10.4. The Morgan fingerprint density at radius 3 is 2.68 bits per heavy atom. The largest absolute Gasteiger partial charge is 0.467 e. The zero-order valence-corrected chi connectivity index (χ0v) is 13.5. The van der Waals surface area contributed by atoms with Crippen LogP contribution in [0.5, 0.6) is 0 Å². The fourth-order valence-electron chi connectivity index (χ4n) is 2.00. The van der Waals surface area contributed by atoms with Gasteiger partial charge in [-0.05, 0) is 12.1 Å². The molecule has 0 bridgehead atoms. The van der Waals surface area contributed by atoms with E-state index in [1.807, 2.05) is 12.1 Å². The molecule has 0 saturated heterocycles. The highest BCUT2D eigenvalue weighted by Crippen LogP contribution is 2.23. The Morgan fingerprint density at radius 1 is 1.36 bits per heavy atom. The van der Waals surface area contributed by atoms with Gasteiger partial charge in [-0.25, -0.2) is 9.97 Å². The van der Waals surface area contributed by atoms with Gasteiger partial charge in [-0.3, -0.25) is 0 Å². The Labute approximate surface area is 130 Å². The van der Waals surface area contributed by atoms with E-state index >= 15 is 0 Å². The number of hydrogen-bond acceptors (Lipinski definition) is 6. The van der Waals surface area contributed by atoms with Gasteiger partial charge in [-0.15, -0.1) is 0 Å². The van der Waals surface area contributed by atoms with Crippen LogP contribution in [0.2, 0.25) is 0 Å². The third kappa shape index (κ3) is 4.05. The number of ether oxygens (including phenoxy) is 1. The van der Waals surface area contributed by atoms with E-state index in [0.29, 0.717) is 18.2 Å². The lowest BCUT2D eigenvalue weighted by Crippen LogP contribution is -2.21. The third-order valence-corrected chi connectivity index (χ3v) is 3.13. The maximum Gasteiger partial charge on any atom is 0.136 e. The molecule has 2 rings (SSSR count). The first-order valence-electron chi connectivity index (χ1n) is 7.22. The molecule has 0 fully saturated rings. The molecule has 0 aliphatic rings. The molecule has 1 atom stereocenters. The van der Waals surface area contributed by atoms with Crippen molar-refractivity contribution in [3.8, 4) is 0 Å². The number of methoxy groups -OCH3 is 1. The number of nitrogens with zero attached hydrogens (tertiary/aromatic N) is 2. The number of aliphatic hydroxyl groups is 1. The lowest BCUT2D eigenvalue weighted by atomic mass is 9.95. The molecule has 0 aliphatic heterocycles. The van der Waals surface area contributed by atoms with Crippen LogP contribution >= 0.6 is 0 Å². The van der Waals surface area contributed by atoms with Crippen molar-refractivity contribution in [1.29, 1.82) is 0 Å². The molecule has 1 unspecified atom stereocenters. The molecule has 2 aromatic rings. The van der Waals surface area contributed by atoms with Crippen LogP contribution in [-0.4, -0.2) is 28.8 Å². The summed E-state index contributed by atoms with van der Waals surface area (Å²) in [5, 5.41) is 12.8. The van der Waals surface area contributed by atoms with E-state index in [4.69, 9.17) is 9.15 Å². The Balaban J connectivity index is 2.30. The summed E-state index contributed by atoms with van der Waals surface area (Å²) >= 11 is 0. The minimum Gasteiger partial charge on any atom is -0.467 e. The number of furan rings is 1. The molecule has 0 spiro atoms. The van der Waals surface area contributed by atoms with Crippen molar-refractivity contribution in [1.82, 2.24) is 9.97 Å². The third-order valence-electron chi connectivity index (χ3n) is 3.13. The predicted molar refractivity (Wildman–Crippen MR) is 83.6 cm³/mol. The molecule has 2 aromatic heterocycles. The number of aliphatic hydroxyl groups excluding tert-OH is 1. The van der Waals surface area contributed by atoms with E-state index in [9.17, 15) is 5.11 Å². The van der Waals surface area contributed by atoms with Crippen LogP contribution in [0.1, 0.15) is 44.1 Å². The number of hydrogen-bond donors (Lipinski definition) is 2. The summed E-state index contributed by atoms with van der Waals surface area (Å²) in [5.41, 5.74) is 0.612. The van der Waals surface area contributed by atoms with Gasteiger partial charge in [0.15, 0.2) is 0 Å². The van der Waals surface area contributed by atoms with Gasteiger partial charge in [0.2, 0.25) is 0 Å². The van der Waals surface area contributed by atoms with Crippen LogP contribution < -0.4 is 5.32 Å². The molecule has 2 heterocycles. The summed E-state index contributed by atoms with van der Waals surface area (Å²) in [5.74, 6) is 2.02. The summed E-state index contributed by atoms with van der Waals surface area (Å²) in [7, 11) is 1.63. The van der Waals surface area contributed by atoms with E-state index in [2.05, 4.69) is 36.1 Å². The monoisotopic (exact) mass is 305 g/mol. The number of rotatable bonds is 6. The van der Waals surface area contributed by atoms with E-state index < -0.39 is 0 Å². The second kappa shape index (κ2) is 6.89. The van der Waals surface area contributed by atoms with Crippen molar-refractivity contribution in [2.45, 2.75) is 38.8 Å². The summed E-state index contributed by atoms with van der Waals surface area (Å²) < 4.78 is 10.5. The van der Waals surface area contributed by atoms with Crippen molar-refractivity contribution in [2.75, 3.05) is 19.0 Å². The zero-order valence-electron chi connectivity index (χ0n) is 13.5. The molecule has 6 heteroatoms. The van der Waals surface area contributed by atoms with Gasteiger partial charge < -0.3 is 19.6 Å². The fourth-order valence-corrected chi connectivity index (χ4v) is 2.00. The highest BCUT2D eigenvalue weighted by atomic mass is 16.5. The average Bonchev–Trinajstić information content (AvgIpc) is 2.98. The predicted octanol–water partition coefficient (Wildman–Crippen LogP) is 2.66. The number of nitrogens with one attached hydrogen (secondary N) is 1. The van der Waals surface area contributed by atoms with Crippen molar-refractivity contribution < 1.29 is 14.3 Å². The summed E-state index contributed by atoms with van der Waals surface area (Å²) in [6, 6.07) is 5.07. The topological polar surface area (TPSA) is 80.4 Å². The average molecular weight is 305 g/mol. The Kier molecular flexibility index (Phi) is 5.15. The van der Waals surface area contributed by atoms with Crippen molar-refractivity contribution >= 4 is 5.82 Å². The molecule has 0 aliphatic carbocycles. The van der Waals surface area contributed by atoms with E-state index in [0.717, 1.165) is 11.5 Å². The summed E-state index contributed by atoms with van der Waals surface area (Å²) in [6.45, 7) is 6.48. The Morgan fingerprint density at radius 2 is 2.14 bits per heavy atom.